The second-order valence-corrected chi connectivity index (χ2v) is 6.18. The fraction of sp³-hybridized carbons (Fsp3) is 0.706. The maximum atomic E-state index is 11.2. The van der Waals surface area contributed by atoms with Crippen LogP contribution in [0.5, 0.6) is 0 Å². The molecule has 0 fully saturated rings. The van der Waals surface area contributed by atoms with Crippen LogP contribution in [0, 0.1) is 0 Å². The van der Waals surface area contributed by atoms with Gasteiger partial charge in [0.15, 0.2) is 0 Å². The maximum absolute atomic E-state index is 11.2. The summed E-state index contributed by atoms with van der Waals surface area (Å²) >= 11 is 0. The number of carboxylic acid groups (broad SMARTS) is 3. The van der Waals surface area contributed by atoms with Crippen LogP contribution >= 0.6 is 0 Å². The number of carboxylic acids is 3. The molecule has 1 N–H and O–H groups in total. The zero-order valence-corrected chi connectivity index (χ0v) is 24.6. The standard InChI is InChI=1S/C17H30N2O7.3Na/c1-5-6-7-14(20)10-18(11(2)15(21)22)8-9-19(12(3)16(23)24)13(4)17(25)26;;;/h5-6,11-14,20H,7-10H2,1-4H3,(H,21,22)(H,23,24)(H,25,26);;;/q;3*+1/p-3/b6-5+;;;. The van der Waals surface area contributed by atoms with Crippen molar-refractivity contribution < 1.29 is 123 Å². The van der Waals surface area contributed by atoms with E-state index in [0.717, 1.165) is 4.90 Å². The molecule has 4 unspecified atom stereocenters. The van der Waals surface area contributed by atoms with Crippen molar-refractivity contribution in [2.45, 2.75) is 58.3 Å². The first-order valence-corrected chi connectivity index (χ1v) is 8.44. The van der Waals surface area contributed by atoms with Crippen LogP contribution in [0.1, 0.15) is 34.1 Å². The molecule has 0 aromatic carbocycles. The van der Waals surface area contributed by atoms with Gasteiger partial charge in [-0.3, -0.25) is 9.80 Å². The number of carbonyl (C=O) groups is 3. The summed E-state index contributed by atoms with van der Waals surface area (Å²) in [4.78, 5) is 36.0. The van der Waals surface area contributed by atoms with Crippen molar-refractivity contribution in [2.24, 2.45) is 0 Å². The average Bonchev–Trinajstić information content (AvgIpc) is 2.57. The predicted molar refractivity (Wildman–Crippen MR) is 87.1 cm³/mol. The summed E-state index contributed by atoms with van der Waals surface area (Å²) in [7, 11) is 0. The normalized spacial score (nSPS) is 14.9. The number of hydrogen-bond donors (Lipinski definition) is 1. The summed E-state index contributed by atoms with van der Waals surface area (Å²) in [6.07, 6.45) is 2.97. The first kappa shape index (κ1) is 37.4. The Labute approximate surface area is 238 Å². The average molecular weight is 440 g/mol. The molecule has 29 heavy (non-hydrogen) atoms. The molecule has 0 radical (unpaired) electrons. The minimum atomic E-state index is -1.45. The largest absolute Gasteiger partial charge is 1.00 e. The molecule has 0 aliphatic carbocycles. The van der Waals surface area contributed by atoms with E-state index in [1.165, 1.54) is 25.7 Å². The summed E-state index contributed by atoms with van der Waals surface area (Å²) in [5.74, 6) is -4.26. The van der Waals surface area contributed by atoms with E-state index in [4.69, 9.17) is 0 Å². The summed E-state index contributed by atoms with van der Waals surface area (Å²) in [6, 6.07) is -3.47. The Morgan fingerprint density at radius 3 is 1.62 bits per heavy atom. The fourth-order valence-electron chi connectivity index (χ4n) is 2.47. The van der Waals surface area contributed by atoms with E-state index in [9.17, 15) is 34.8 Å². The van der Waals surface area contributed by atoms with Crippen LogP contribution < -0.4 is 104 Å². The number of aliphatic carboxylic acids is 3. The first-order chi connectivity index (χ1) is 12.0. The van der Waals surface area contributed by atoms with Crippen molar-refractivity contribution in [3.63, 3.8) is 0 Å². The van der Waals surface area contributed by atoms with E-state index >= 15 is 0 Å². The molecule has 0 aromatic rings. The molecule has 150 valence electrons. The molecule has 0 spiro atoms. The molecular formula is C17H27N2Na3O7. The third-order valence-corrected chi connectivity index (χ3v) is 4.30. The zero-order chi connectivity index (χ0) is 20.4. The number of hydrogen-bond acceptors (Lipinski definition) is 9. The quantitative estimate of drug-likeness (QED) is 0.218. The van der Waals surface area contributed by atoms with E-state index in [0.29, 0.717) is 6.42 Å². The molecule has 0 aromatic heterocycles. The van der Waals surface area contributed by atoms with Crippen LogP contribution in [0.25, 0.3) is 0 Å². The van der Waals surface area contributed by atoms with E-state index < -0.39 is 42.1 Å². The van der Waals surface area contributed by atoms with Crippen molar-refractivity contribution >= 4 is 17.9 Å². The van der Waals surface area contributed by atoms with Crippen LogP contribution in [-0.2, 0) is 14.4 Å². The number of rotatable bonds is 13. The smallest absolute Gasteiger partial charge is 0.548 e. The van der Waals surface area contributed by atoms with Crippen molar-refractivity contribution in [3.05, 3.63) is 12.2 Å². The van der Waals surface area contributed by atoms with Crippen LogP contribution in [0.15, 0.2) is 12.2 Å². The molecule has 9 nitrogen and oxygen atoms in total. The number of carbonyl (C=O) groups excluding carboxylic acids is 3. The molecule has 0 amide bonds. The number of aliphatic hydroxyl groups excluding tert-OH is 1. The van der Waals surface area contributed by atoms with E-state index in [2.05, 4.69) is 0 Å². The van der Waals surface area contributed by atoms with Crippen molar-refractivity contribution in [1.82, 2.24) is 9.80 Å². The monoisotopic (exact) mass is 440 g/mol. The van der Waals surface area contributed by atoms with Crippen molar-refractivity contribution in [3.8, 4) is 0 Å². The van der Waals surface area contributed by atoms with Gasteiger partial charge in [-0.25, -0.2) is 0 Å². The van der Waals surface area contributed by atoms with Gasteiger partial charge >= 0.3 is 88.7 Å². The number of allylic oxidation sites excluding steroid dienone is 1. The van der Waals surface area contributed by atoms with Gasteiger partial charge in [0.2, 0.25) is 0 Å². The van der Waals surface area contributed by atoms with E-state index in [1.807, 2.05) is 0 Å². The number of aliphatic hydroxyl groups is 1. The van der Waals surface area contributed by atoms with Crippen molar-refractivity contribution in [2.75, 3.05) is 19.6 Å². The Kier molecular flexibility index (Phi) is 25.4. The summed E-state index contributed by atoms with van der Waals surface area (Å²) < 4.78 is 0. The van der Waals surface area contributed by atoms with Crippen molar-refractivity contribution in [1.29, 1.82) is 0 Å². The predicted octanol–water partition coefficient (Wildman–Crippen LogP) is -12.7. The first-order valence-electron chi connectivity index (χ1n) is 8.44. The third-order valence-electron chi connectivity index (χ3n) is 4.30. The molecule has 0 aliphatic rings. The minimum absolute atomic E-state index is 0. The molecule has 0 aliphatic heterocycles. The SMILES string of the molecule is C/C=C/CC(O)CN(CCN(C(C)C(=O)[O-])C(C)C(=O)[O-])C(C)C(=O)[O-].[Na+].[Na+].[Na+]. The minimum Gasteiger partial charge on any atom is -0.548 e. The van der Waals surface area contributed by atoms with Gasteiger partial charge in [-0.2, -0.15) is 0 Å². The van der Waals surface area contributed by atoms with E-state index in [-0.39, 0.29) is 108 Å². The molecular weight excluding hydrogens is 413 g/mol. The third kappa shape index (κ3) is 14.7. The summed E-state index contributed by atoms with van der Waals surface area (Å²) in [6.45, 7) is 5.67. The molecule has 4 atom stereocenters. The Morgan fingerprint density at radius 1 is 0.862 bits per heavy atom. The molecule has 0 bridgehead atoms. The van der Waals surface area contributed by atoms with Crippen LogP contribution in [-0.4, -0.2) is 76.7 Å². The maximum Gasteiger partial charge on any atom is 1.00 e. The summed E-state index contributed by atoms with van der Waals surface area (Å²) in [5.41, 5.74) is 0. The Morgan fingerprint density at radius 2 is 1.28 bits per heavy atom. The zero-order valence-electron chi connectivity index (χ0n) is 18.6. The van der Waals surface area contributed by atoms with Crippen LogP contribution in [0.4, 0.5) is 0 Å². The molecule has 12 heteroatoms. The van der Waals surface area contributed by atoms with Gasteiger partial charge in [-0.1, -0.05) is 12.2 Å². The second-order valence-electron chi connectivity index (χ2n) is 6.18. The van der Waals surface area contributed by atoms with Gasteiger partial charge in [0.05, 0.1) is 24.0 Å². The van der Waals surface area contributed by atoms with Gasteiger partial charge in [0.25, 0.3) is 0 Å². The van der Waals surface area contributed by atoms with Crippen LogP contribution in [0.2, 0.25) is 0 Å². The van der Waals surface area contributed by atoms with E-state index in [1.54, 1.807) is 19.1 Å². The Hall–Kier alpha value is 1.03. The van der Waals surface area contributed by atoms with Gasteiger partial charge in [0, 0.05) is 37.8 Å². The molecule has 0 saturated heterocycles. The molecule has 0 rings (SSSR count). The Bertz CT molecular complexity index is 503. The number of nitrogens with zero attached hydrogens (tertiary/aromatic N) is 2. The Balaban J connectivity index is -0.00000104. The second kappa shape index (κ2) is 19.7. The van der Waals surface area contributed by atoms with Gasteiger partial charge in [0.1, 0.15) is 0 Å². The fourth-order valence-corrected chi connectivity index (χ4v) is 2.47. The molecule has 0 saturated carbocycles. The topological polar surface area (TPSA) is 147 Å². The van der Waals surface area contributed by atoms with Gasteiger partial charge < -0.3 is 34.8 Å². The molecule has 0 heterocycles. The van der Waals surface area contributed by atoms with Gasteiger partial charge in [-0.15, -0.1) is 0 Å². The summed E-state index contributed by atoms with van der Waals surface area (Å²) in [5, 5.41) is 43.4. The van der Waals surface area contributed by atoms with Crippen LogP contribution in [0.3, 0.4) is 0 Å². The van der Waals surface area contributed by atoms with Gasteiger partial charge in [-0.05, 0) is 34.1 Å².